The Kier molecular flexibility index (Phi) is 5.86. The van der Waals surface area contributed by atoms with Crippen molar-refractivity contribution in [3.8, 4) is 0 Å². The second-order valence-corrected chi connectivity index (χ2v) is 6.39. The first-order valence-electron chi connectivity index (χ1n) is 7.19. The van der Waals surface area contributed by atoms with Gasteiger partial charge in [-0.3, -0.25) is 0 Å². The minimum absolute atomic E-state index is 0.206. The van der Waals surface area contributed by atoms with Crippen molar-refractivity contribution in [1.29, 1.82) is 0 Å². The molecular formula is C17H18N2O4S. The number of hydrogen-bond acceptors (Lipinski definition) is 6. The third-order valence-corrected chi connectivity index (χ3v) is 4.11. The van der Waals surface area contributed by atoms with Gasteiger partial charge in [0.1, 0.15) is 6.04 Å². The van der Waals surface area contributed by atoms with Gasteiger partial charge in [0.2, 0.25) is 0 Å². The first-order valence-corrected chi connectivity index (χ1v) is 8.66. The van der Waals surface area contributed by atoms with Crippen LogP contribution >= 0.6 is 0 Å². The molecule has 0 aliphatic carbocycles. The van der Waals surface area contributed by atoms with Gasteiger partial charge in [-0.1, -0.05) is 60.7 Å². The van der Waals surface area contributed by atoms with Gasteiger partial charge < -0.3 is 15.7 Å². The summed E-state index contributed by atoms with van der Waals surface area (Å²) in [6, 6.07) is 16.7. The highest BCUT2D eigenvalue weighted by atomic mass is 32.2. The molecule has 0 saturated heterocycles. The van der Waals surface area contributed by atoms with Gasteiger partial charge in [0.25, 0.3) is 0 Å². The number of hydrogen-bond donors (Lipinski definition) is 2. The first-order chi connectivity index (χ1) is 11.4. The molecule has 0 bridgehead atoms. The molecule has 1 atom stereocenters. The van der Waals surface area contributed by atoms with Gasteiger partial charge in [-0.2, -0.15) is 8.42 Å². The number of rotatable bonds is 6. The Hall–Kier alpha value is -2.48. The number of carbonyl (C=O) groups is 1. The normalized spacial score (nSPS) is 12.2. The van der Waals surface area contributed by atoms with Crippen molar-refractivity contribution in [2.75, 3.05) is 6.54 Å². The summed E-state index contributed by atoms with van der Waals surface area (Å²) < 4.78 is 28.9. The van der Waals surface area contributed by atoms with Crippen LogP contribution in [0.5, 0.6) is 0 Å². The average molecular weight is 346 g/mol. The van der Waals surface area contributed by atoms with Gasteiger partial charge in [-0.05, 0) is 11.1 Å². The lowest BCUT2D eigenvalue weighted by atomic mass is 10.00. The van der Waals surface area contributed by atoms with Crippen molar-refractivity contribution in [3.05, 3.63) is 77.2 Å². The van der Waals surface area contributed by atoms with Crippen LogP contribution in [0.3, 0.4) is 0 Å². The molecule has 0 saturated carbocycles. The van der Waals surface area contributed by atoms with Crippen LogP contribution in [0.2, 0.25) is 0 Å². The Morgan fingerprint density at radius 1 is 1.00 bits per heavy atom. The predicted octanol–water partition coefficient (Wildman–Crippen LogP) is 1.23. The third kappa shape index (κ3) is 4.76. The van der Waals surface area contributed by atoms with E-state index in [0.717, 1.165) is 5.41 Å². The van der Waals surface area contributed by atoms with Crippen LogP contribution in [0.4, 0.5) is 0 Å². The van der Waals surface area contributed by atoms with E-state index in [0.29, 0.717) is 16.7 Å². The van der Waals surface area contributed by atoms with E-state index in [2.05, 4.69) is 4.18 Å². The average Bonchev–Trinajstić information content (AvgIpc) is 2.60. The molecule has 0 amide bonds. The fraction of sp³-hybridized carbons (Fsp3) is 0.118. The van der Waals surface area contributed by atoms with Crippen LogP contribution < -0.4 is 11.5 Å². The van der Waals surface area contributed by atoms with Crippen molar-refractivity contribution in [2.24, 2.45) is 11.5 Å². The Morgan fingerprint density at radius 3 is 1.88 bits per heavy atom. The fourth-order valence-electron chi connectivity index (χ4n) is 1.98. The van der Waals surface area contributed by atoms with Gasteiger partial charge in [-0.25, -0.2) is 4.79 Å². The van der Waals surface area contributed by atoms with E-state index in [4.69, 9.17) is 11.5 Å². The van der Waals surface area contributed by atoms with Crippen molar-refractivity contribution in [2.45, 2.75) is 6.04 Å². The number of carbonyl (C=O) groups excluding carboxylic acids is 1. The van der Waals surface area contributed by atoms with E-state index in [1.807, 2.05) is 12.1 Å². The van der Waals surface area contributed by atoms with Gasteiger partial charge in [0.15, 0.2) is 0 Å². The molecule has 0 aromatic heterocycles. The molecule has 0 heterocycles. The van der Waals surface area contributed by atoms with Gasteiger partial charge >= 0.3 is 16.1 Å². The van der Waals surface area contributed by atoms with Gasteiger partial charge in [0.05, 0.1) is 5.41 Å². The van der Waals surface area contributed by atoms with Gasteiger partial charge in [0, 0.05) is 12.1 Å². The quantitative estimate of drug-likeness (QED) is 0.761. The van der Waals surface area contributed by atoms with E-state index >= 15 is 0 Å². The molecule has 2 rings (SSSR count). The Morgan fingerprint density at radius 2 is 1.46 bits per heavy atom. The molecule has 0 aliphatic heterocycles. The molecule has 6 nitrogen and oxygen atoms in total. The third-order valence-electron chi connectivity index (χ3n) is 3.19. The summed E-state index contributed by atoms with van der Waals surface area (Å²) >= 11 is 0. The Labute approximate surface area is 140 Å². The standard InChI is InChI=1S/C17H18N2O4S/c18-11-16(19)17(20)23-24(21,22)12-15(13-7-3-1-4-8-13)14-9-5-2-6-10-14/h1-10,12,16H,11,18-19H2/t16-/m0/s1. The maximum Gasteiger partial charge on any atom is 0.340 e. The second-order valence-electron chi connectivity index (χ2n) is 5.00. The first kappa shape index (κ1) is 17.9. The number of benzene rings is 2. The molecule has 0 unspecified atom stereocenters. The van der Waals surface area contributed by atoms with E-state index in [1.54, 1.807) is 48.5 Å². The summed E-state index contributed by atoms with van der Waals surface area (Å²) in [4.78, 5) is 11.6. The van der Waals surface area contributed by atoms with E-state index < -0.39 is 22.1 Å². The highest BCUT2D eigenvalue weighted by Crippen LogP contribution is 2.24. The largest absolute Gasteiger partial charge is 0.341 e. The van der Waals surface area contributed by atoms with Crippen LogP contribution in [0.15, 0.2) is 66.1 Å². The molecule has 0 aliphatic rings. The molecular weight excluding hydrogens is 328 g/mol. The van der Waals surface area contributed by atoms with E-state index in [9.17, 15) is 13.2 Å². The monoisotopic (exact) mass is 346 g/mol. The minimum atomic E-state index is -4.28. The van der Waals surface area contributed by atoms with Crippen molar-refractivity contribution >= 4 is 21.7 Å². The SMILES string of the molecule is NC[C@H](N)C(=O)OS(=O)(=O)C=C(c1ccccc1)c1ccccc1. The molecule has 2 aromatic rings. The Bertz CT molecular complexity index is 777. The molecule has 24 heavy (non-hydrogen) atoms. The molecule has 0 radical (unpaired) electrons. The molecule has 2 aromatic carbocycles. The van der Waals surface area contributed by atoms with Crippen LogP contribution in [0.25, 0.3) is 5.57 Å². The van der Waals surface area contributed by atoms with E-state index in [1.165, 1.54) is 0 Å². The zero-order chi connectivity index (χ0) is 17.6. The summed E-state index contributed by atoms with van der Waals surface area (Å²) in [5, 5.41) is 0.915. The van der Waals surface area contributed by atoms with Crippen molar-refractivity contribution in [3.63, 3.8) is 0 Å². The maximum absolute atomic E-state index is 12.2. The smallest absolute Gasteiger partial charge is 0.340 e. The van der Waals surface area contributed by atoms with Crippen LogP contribution in [-0.4, -0.2) is 27.0 Å². The van der Waals surface area contributed by atoms with E-state index in [-0.39, 0.29) is 6.54 Å². The zero-order valence-electron chi connectivity index (χ0n) is 12.8. The highest BCUT2D eigenvalue weighted by Gasteiger charge is 2.21. The van der Waals surface area contributed by atoms with Crippen LogP contribution in [0.1, 0.15) is 11.1 Å². The molecule has 4 N–H and O–H groups in total. The molecule has 0 spiro atoms. The summed E-state index contributed by atoms with van der Waals surface area (Å²) in [5.41, 5.74) is 12.4. The summed E-state index contributed by atoms with van der Waals surface area (Å²) in [7, 11) is -4.28. The van der Waals surface area contributed by atoms with Crippen LogP contribution in [-0.2, 0) is 19.1 Å². The van der Waals surface area contributed by atoms with Gasteiger partial charge in [-0.15, -0.1) is 0 Å². The van der Waals surface area contributed by atoms with Crippen LogP contribution in [0, 0.1) is 0 Å². The molecule has 0 fully saturated rings. The predicted molar refractivity (Wildman–Crippen MR) is 92.0 cm³/mol. The summed E-state index contributed by atoms with van der Waals surface area (Å²) in [5.74, 6) is -1.09. The molecule has 7 heteroatoms. The Balaban J connectivity index is 2.44. The lowest BCUT2D eigenvalue weighted by molar-refractivity contribution is -0.134. The zero-order valence-corrected chi connectivity index (χ0v) is 13.6. The maximum atomic E-state index is 12.2. The lowest BCUT2D eigenvalue weighted by Crippen LogP contribution is -2.39. The molecule has 126 valence electrons. The topological polar surface area (TPSA) is 112 Å². The lowest BCUT2D eigenvalue weighted by Gasteiger charge is -2.10. The fourth-order valence-corrected chi connectivity index (χ4v) is 2.94. The number of nitrogens with two attached hydrogens (primary N) is 2. The summed E-state index contributed by atoms with van der Waals surface area (Å²) in [6.45, 7) is -0.206. The summed E-state index contributed by atoms with van der Waals surface area (Å²) in [6.07, 6.45) is 0. The van der Waals surface area contributed by atoms with Crippen molar-refractivity contribution in [1.82, 2.24) is 0 Å². The highest BCUT2D eigenvalue weighted by molar-refractivity contribution is 7.90. The van der Waals surface area contributed by atoms with Crippen molar-refractivity contribution < 1.29 is 17.4 Å². The second kappa shape index (κ2) is 7.87. The minimum Gasteiger partial charge on any atom is -0.341 e.